The van der Waals surface area contributed by atoms with Crippen LogP contribution in [-0.2, 0) is 0 Å². The Kier molecular flexibility index (Phi) is 5.56. The van der Waals surface area contributed by atoms with Gasteiger partial charge in [-0.05, 0) is 37.0 Å². The largest absolute Gasteiger partial charge is 0.497 e. The second kappa shape index (κ2) is 7.07. The predicted molar refractivity (Wildman–Crippen MR) is 63.0 cm³/mol. The lowest BCUT2D eigenvalue weighted by Crippen LogP contribution is -1.82. The van der Waals surface area contributed by atoms with Gasteiger partial charge in [-0.3, -0.25) is 0 Å². The van der Waals surface area contributed by atoms with Gasteiger partial charge in [0.1, 0.15) is 5.75 Å². The van der Waals surface area contributed by atoms with Crippen LogP contribution in [-0.4, -0.2) is 18.8 Å². The summed E-state index contributed by atoms with van der Waals surface area (Å²) >= 11 is 0. The molecular weight excluding hydrogens is 188 g/mol. The fraction of sp³-hybridized carbons (Fsp3) is 0.385. The van der Waals surface area contributed by atoms with Crippen LogP contribution in [0.1, 0.15) is 24.8 Å². The zero-order valence-corrected chi connectivity index (χ0v) is 9.15. The molecule has 0 unspecified atom stereocenters. The molecule has 0 aromatic heterocycles. The van der Waals surface area contributed by atoms with Crippen molar-refractivity contribution in [1.82, 2.24) is 0 Å². The average molecular weight is 206 g/mol. The molecule has 2 nitrogen and oxygen atoms in total. The number of aliphatic hydroxyl groups is 1. The Hall–Kier alpha value is -1.28. The molecule has 0 fully saturated rings. The summed E-state index contributed by atoms with van der Waals surface area (Å²) in [6.45, 7) is 0.288. The molecule has 0 atom stereocenters. The maximum absolute atomic E-state index is 8.60. The van der Waals surface area contributed by atoms with Crippen molar-refractivity contribution in [3.8, 4) is 5.75 Å². The van der Waals surface area contributed by atoms with E-state index in [1.807, 2.05) is 24.3 Å². The first-order chi connectivity index (χ1) is 7.36. The van der Waals surface area contributed by atoms with Gasteiger partial charge in [-0.25, -0.2) is 0 Å². The van der Waals surface area contributed by atoms with Crippen LogP contribution in [0.5, 0.6) is 5.75 Å². The highest BCUT2D eigenvalue weighted by atomic mass is 16.5. The first-order valence-corrected chi connectivity index (χ1v) is 5.28. The molecule has 0 spiro atoms. The monoisotopic (exact) mass is 206 g/mol. The molecule has 82 valence electrons. The summed E-state index contributed by atoms with van der Waals surface area (Å²) in [6, 6.07) is 7.96. The van der Waals surface area contributed by atoms with Crippen molar-refractivity contribution in [3.05, 3.63) is 35.9 Å². The minimum absolute atomic E-state index is 0.288. The van der Waals surface area contributed by atoms with Gasteiger partial charge in [0.2, 0.25) is 0 Å². The molecule has 0 heterocycles. The van der Waals surface area contributed by atoms with Crippen molar-refractivity contribution in [1.29, 1.82) is 0 Å². The Morgan fingerprint density at radius 3 is 2.53 bits per heavy atom. The first-order valence-electron chi connectivity index (χ1n) is 5.28. The maximum Gasteiger partial charge on any atom is 0.118 e. The SMILES string of the molecule is COc1ccc(/C=C/CCCCO)cc1. The fourth-order valence-electron chi connectivity index (χ4n) is 1.31. The van der Waals surface area contributed by atoms with E-state index in [9.17, 15) is 0 Å². The van der Waals surface area contributed by atoms with Crippen molar-refractivity contribution >= 4 is 6.08 Å². The topological polar surface area (TPSA) is 29.5 Å². The highest BCUT2D eigenvalue weighted by molar-refractivity contribution is 5.50. The van der Waals surface area contributed by atoms with Crippen molar-refractivity contribution in [2.24, 2.45) is 0 Å². The summed E-state index contributed by atoms with van der Waals surface area (Å²) in [5.41, 5.74) is 1.18. The Balaban J connectivity index is 2.36. The van der Waals surface area contributed by atoms with Crippen molar-refractivity contribution < 1.29 is 9.84 Å². The minimum Gasteiger partial charge on any atom is -0.497 e. The van der Waals surface area contributed by atoms with Gasteiger partial charge in [-0.15, -0.1) is 0 Å². The van der Waals surface area contributed by atoms with E-state index in [0.717, 1.165) is 25.0 Å². The van der Waals surface area contributed by atoms with E-state index in [-0.39, 0.29) is 6.61 Å². The fourth-order valence-corrected chi connectivity index (χ4v) is 1.31. The number of hydrogen-bond donors (Lipinski definition) is 1. The number of hydrogen-bond acceptors (Lipinski definition) is 2. The zero-order valence-electron chi connectivity index (χ0n) is 9.15. The van der Waals surface area contributed by atoms with Gasteiger partial charge in [-0.1, -0.05) is 24.3 Å². The van der Waals surface area contributed by atoms with Crippen LogP contribution in [0.25, 0.3) is 6.08 Å². The highest BCUT2D eigenvalue weighted by Crippen LogP contribution is 2.12. The van der Waals surface area contributed by atoms with Gasteiger partial charge >= 0.3 is 0 Å². The van der Waals surface area contributed by atoms with Crippen molar-refractivity contribution in [2.75, 3.05) is 13.7 Å². The number of benzene rings is 1. The summed E-state index contributed by atoms with van der Waals surface area (Å²) in [5, 5.41) is 8.60. The van der Waals surface area contributed by atoms with Gasteiger partial charge in [0.15, 0.2) is 0 Å². The standard InChI is InChI=1S/C13H18O2/c1-15-13-9-7-12(8-10-13)6-4-2-3-5-11-14/h4,6-10,14H,2-3,5,11H2,1H3/b6-4+. The van der Waals surface area contributed by atoms with Gasteiger partial charge in [0.25, 0.3) is 0 Å². The van der Waals surface area contributed by atoms with E-state index in [4.69, 9.17) is 9.84 Å². The lowest BCUT2D eigenvalue weighted by molar-refractivity contribution is 0.285. The Labute approximate surface area is 91.2 Å². The molecule has 1 N–H and O–H groups in total. The highest BCUT2D eigenvalue weighted by Gasteiger charge is 1.89. The molecule has 0 saturated carbocycles. The second-order valence-electron chi connectivity index (χ2n) is 3.39. The normalized spacial score (nSPS) is 10.8. The number of allylic oxidation sites excluding steroid dienone is 1. The van der Waals surface area contributed by atoms with Gasteiger partial charge in [-0.2, -0.15) is 0 Å². The molecule has 0 aliphatic heterocycles. The molecule has 1 aromatic carbocycles. The Bertz CT molecular complexity index is 288. The van der Waals surface area contributed by atoms with E-state index in [2.05, 4.69) is 12.2 Å². The van der Waals surface area contributed by atoms with Gasteiger partial charge < -0.3 is 9.84 Å². The summed E-state index contributed by atoms with van der Waals surface area (Å²) in [6.07, 6.45) is 7.18. The lowest BCUT2D eigenvalue weighted by atomic mass is 10.1. The van der Waals surface area contributed by atoms with E-state index >= 15 is 0 Å². The number of ether oxygens (including phenoxy) is 1. The molecule has 0 amide bonds. The summed E-state index contributed by atoms with van der Waals surface area (Å²) in [5.74, 6) is 0.882. The second-order valence-corrected chi connectivity index (χ2v) is 3.39. The zero-order chi connectivity index (χ0) is 10.9. The smallest absolute Gasteiger partial charge is 0.118 e. The molecule has 1 rings (SSSR count). The predicted octanol–water partition coefficient (Wildman–Crippen LogP) is 2.87. The first kappa shape index (κ1) is 11.8. The number of unbranched alkanes of at least 4 members (excludes halogenated alkanes) is 2. The minimum atomic E-state index is 0.288. The van der Waals surface area contributed by atoms with Crippen molar-refractivity contribution in [3.63, 3.8) is 0 Å². The van der Waals surface area contributed by atoms with E-state index in [1.165, 1.54) is 5.56 Å². The summed E-state index contributed by atoms with van der Waals surface area (Å²) in [4.78, 5) is 0. The third-order valence-corrected chi connectivity index (χ3v) is 2.21. The van der Waals surface area contributed by atoms with Crippen molar-refractivity contribution in [2.45, 2.75) is 19.3 Å². The van der Waals surface area contributed by atoms with Gasteiger partial charge in [0.05, 0.1) is 7.11 Å². The van der Waals surface area contributed by atoms with Crippen LogP contribution in [0.2, 0.25) is 0 Å². The number of aliphatic hydroxyl groups excluding tert-OH is 1. The van der Waals surface area contributed by atoms with Crippen LogP contribution in [0.15, 0.2) is 30.3 Å². The maximum atomic E-state index is 8.60. The molecule has 0 aliphatic rings. The third-order valence-electron chi connectivity index (χ3n) is 2.21. The lowest BCUT2D eigenvalue weighted by Gasteiger charge is -1.99. The Morgan fingerprint density at radius 2 is 1.93 bits per heavy atom. The molecular formula is C13H18O2. The Morgan fingerprint density at radius 1 is 1.20 bits per heavy atom. The molecule has 2 heteroatoms. The number of methoxy groups -OCH3 is 1. The molecule has 0 saturated heterocycles. The van der Waals surface area contributed by atoms with Gasteiger partial charge in [0, 0.05) is 6.61 Å². The summed E-state index contributed by atoms with van der Waals surface area (Å²) in [7, 11) is 1.67. The van der Waals surface area contributed by atoms with Crippen LogP contribution >= 0.6 is 0 Å². The van der Waals surface area contributed by atoms with Crippen LogP contribution in [0.4, 0.5) is 0 Å². The van der Waals surface area contributed by atoms with E-state index in [0.29, 0.717) is 0 Å². The molecule has 1 aromatic rings. The molecule has 0 radical (unpaired) electrons. The molecule has 0 aliphatic carbocycles. The van der Waals surface area contributed by atoms with Crippen LogP contribution in [0.3, 0.4) is 0 Å². The molecule has 0 bridgehead atoms. The third kappa shape index (κ3) is 4.66. The van der Waals surface area contributed by atoms with Crippen LogP contribution < -0.4 is 4.74 Å². The van der Waals surface area contributed by atoms with Crippen LogP contribution in [0, 0.1) is 0 Å². The van der Waals surface area contributed by atoms with E-state index in [1.54, 1.807) is 7.11 Å². The van der Waals surface area contributed by atoms with E-state index < -0.39 is 0 Å². The average Bonchev–Trinajstić information content (AvgIpc) is 2.30. The quantitative estimate of drug-likeness (QED) is 0.725. The number of rotatable bonds is 6. The molecule has 15 heavy (non-hydrogen) atoms. The summed E-state index contributed by atoms with van der Waals surface area (Å²) < 4.78 is 5.07.